The van der Waals surface area contributed by atoms with E-state index in [0.29, 0.717) is 12.8 Å². The van der Waals surface area contributed by atoms with E-state index in [0.717, 1.165) is 12.1 Å². The van der Waals surface area contributed by atoms with Gasteiger partial charge in [-0.2, -0.15) is 0 Å². The first kappa shape index (κ1) is 14.8. The number of aliphatic hydroxyl groups excluding tert-OH is 2. The molecular weight excluding hydrogens is 249 g/mol. The Bertz CT molecular complexity index is 379. The molecule has 0 radical (unpaired) electrons. The lowest BCUT2D eigenvalue weighted by Crippen LogP contribution is -2.19. The largest absolute Gasteiger partial charge is 0.573 e. The highest BCUT2D eigenvalue weighted by atomic mass is 19.4. The molecule has 0 aliphatic carbocycles. The number of benzene rings is 1. The van der Waals surface area contributed by atoms with E-state index in [9.17, 15) is 23.4 Å². The SMILES string of the molecule is CCCC(O)C(O)c1cccc(OC(F)(F)F)c1. The van der Waals surface area contributed by atoms with E-state index < -0.39 is 24.3 Å². The first-order chi connectivity index (χ1) is 8.33. The van der Waals surface area contributed by atoms with Crippen molar-refractivity contribution in [3.05, 3.63) is 29.8 Å². The van der Waals surface area contributed by atoms with Crippen molar-refractivity contribution < 1.29 is 28.1 Å². The van der Waals surface area contributed by atoms with Crippen molar-refractivity contribution in [2.45, 2.75) is 38.3 Å². The van der Waals surface area contributed by atoms with Gasteiger partial charge in [-0.25, -0.2) is 0 Å². The zero-order valence-electron chi connectivity index (χ0n) is 9.81. The molecule has 102 valence electrons. The third-order valence-corrected chi connectivity index (χ3v) is 2.38. The van der Waals surface area contributed by atoms with Crippen LogP contribution in [0.3, 0.4) is 0 Å². The summed E-state index contributed by atoms with van der Waals surface area (Å²) in [6, 6.07) is 4.97. The summed E-state index contributed by atoms with van der Waals surface area (Å²) in [6.07, 6.45) is -5.97. The molecule has 3 nitrogen and oxygen atoms in total. The van der Waals surface area contributed by atoms with Gasteiger partial charge in [0.05, 0.1) is 6.10 Å². The molecule has 0 heterocycles. The minimum atomic E-state index is -4.77. The van der Waals surface area contributed by atoms with E-state index in [1.54, 1.807) is 0 Å². The van der Waals surface area contributed by atoms with Crippen molar-refractivity contribution in [3.63, 3.8) is 0 Å². The number of hydrogen-bond donors (Lipinski definition) is 2. The lowest BCUT2D eigenvalue weighted by molar-refractivity contribution is -0.274. The van der Waals surface area contributed by atoms with Crippen molar-refractivity contribution in [3.8, 4) is 5.75 Å². The second-order valence-corrected chi connectivity index (χ2v) is 3.92. The number of alkyl halides is 3. The molecule has 0 aliphatic heterocycles. The number of hydrogen-bond acceptors (Lipinski definition) is 3. The molecule has 0 amide bonds. The van der Waals surface area contributed by atoms with Gasteiger partial charge >= 0.3 is 6.36 Å². The highest BCUT2D eigenvalue weighted by molar-refractivity contribution is 5.30. The zero-order chi connectivity index (χ0) is 13.8. The molecule has 0 aromatic heterocycles. The number of ether oxygens (including phenoxy) is 1. The van der Waals surface area contributed by atoms with E-state index in [4.69, 9.17) is 0 Å². The topological polar surface area (TPSA) is 49.7 Å². The molecule has 0 bridgehead atoms. The number of rotatable bonds is 5. The number of aliphatic hydroxyl groups is 2. The van der Waals surface area contributed by atoms with Crippen LogP contribution >= 0.6 is 0 Å². The zero-order valence-corrected chi connectivity index (χ0v) is 9.81. The van der Waals surface area contributed by atoms with Gasteiger partial charge in [-0.05, 0) is 24.1 Å². The molecular formula is C12H15F3O3. The minimum Gasteiger partial charge on any atom is -0.406 e. The molecule has 0 saturated heterocycles. The smallest absolute Gasteiger partial charge is 0.406 e. The predicted molar refractivity (Wildman–Crippen MR) is 59.0 cm³/mol. The van der Waals surface area contributed by atoms with Gasteiger partial charge in [0.2, 0.25) is 0 Å². The lowest BCUT2D eigenvalue weighted by atomic mass is 10.0. The molecule has 1 aromatic carbocycles. The van der Waals surface area contributed by atoms with Crippen molar-refractivity contribution in [1.29, 1.82) is 0 Å². The molecule has 2 atom stereocenters. The molecule has 2 N–H and O–H groups in total. The van der Waals surface area contributed by atoms with Crippen molar-refractivity contribution in [2.75, 3.05) is 0 Å². The summed E-state index contributed by atoms with van der Waals surface area (Å²) in [7, 11) is 0. The van der Waals surface area contributed by atoms with Gasteiger partial charge in [0, 0.05) is 0 Å². The monoisotopic (exact) mass is 264 g/mol. The average molecular weight is 264 g/mol. The highest BCUT2D eigenvalue weighted by Crippen LogP contribution is 2.27. The van der Waals surface area contributed by atoms with Gasteiger partial charge in [0.1, 0.15) is 11.9 Å². The third kappa shape index (κ3) is 4.54. The third-order valence-electron chi connectivity index (χ3n) is 2.38. The van der Waals surface area contributed by atoms with Crippen LogP contribution in [0.2, 0.25) is 0 Å². The molecule has 0 saturated carbocycles. The Balaban J connectivity index is 2.81. The van der Waals surface area contributed by atoms with Gasteiger partial charge in [-0.15, -0.1) is 13.2 Å². The van der Waals surface area contributed by atoms with Crippen molar-refractivity contribution in [1.82, 2.24) is 0 Å². The summed E-state index contributed by atoms with van der Waals surface area (Å²) in [5.74, 6) is -0.414. The maximum Gasteiger partial charge on any atom is 0.573 e. The summed E-state index contributed by atoms with van der Waals surface area (Å²) in [6.45, 7) is 1.83. The predicted octanol–water partition coefficient (Wildman–Crippen LogP) is 2.78. The van der Waals surface area contributed by atoms with Gasteiger partial charge in [-0.1, -0.05) is 25.5 Å². The van der Waals surface area contributed by atoms with Crippen LogP contribution in [0.4, 0.5) is 13.2 Å². The van der Waals surface area contributed by atoms with Crippen LogP contribution < -0.4 is 4.74 Å². The van der Waals surface area contributed by atoms with Crippen LogP contribution in [0.25, 0.3) is 0 Å². The lowest BCUT2D eigenvalue weighted by Gasteiger charge is -2.18. The van der Waals surface area contributed by atoms with E-state index in [1.165, 1.54) is 12.1 Å². The Morgan fingerprint density at radius 2 is 1.94 bits per heavy atom. The standard InChI is InChI=1S/C12H15F3O3/c1-2-4-10(16)11(17)8-5-3-6-9(7-8)18-12(13,14)15/h3,5-7,10-11,16-17H,2,4H2,1H3. The van der Waals surface area contributed by atoms with Crippen LogP contribution in [0, 0.1) is 0 Å². The molecule has 0 aliphatic rings. The van der Waals surface area contributed by atoms with Crippen LogP contribution in [0.1, 0.15) is 31.4 Å². The highest BCUT2D eigenvalue weighted by Gasteiger charge is 2.31. The van der Waals surface area contributed by atoms with Gasteiger partial charge in [0.15, 0.2) is 0 Å². The number of halogens is 3. The first-order valence-electron chi connectivity index (χ1n) is 5.55. The second-order valence-electron chi connectivity index (χ2n) is 3.92. The van der Waals surface area contributed by atoms with E-state index >= 15 is 0 Å². The first-order valence-corrected chi connectivity index (χ1v) is 5.55. The van der Waals surface area contributed by atoms with Crippen molar-refractivity contribution >= 4 is 0 Å². The quantitative estimate of drug-likeness (QED) is 0.859. The van der Waals surface area contributed by atoms with E-state index in [2.05, 4.69) is 4.74 Å². The maximum atomic E-state index is 12.0. The van der Waals surface area contributed by atoms with Crippen molar-refractivity contribution in [2.24, 2.45) is 0 Å². The maximum absolute atomic E-state index is 12.0. The molecule has 2 unspecified atom stereocenters. The molecule has 1 aromatic rings. The molecule has 1 rings (SSSR count). The van der Waals surface area contributed by atoms with Gasteiger partial charge in [0.25, 0.3) is 0 Å². The van der Waals surface area contributed by atoms with Crippen LogP contribution in [0.15, 0.2) is 24.3 Å². The Labute approximate surface area is 103 Å². The Kier molecular flexibility index (Phi) is 4.98. The fourth-order valence-electron chi connectivity index (χ4n) is 1.57. The molecule has 18 heavy (non-hydrogen) atoms. The summed E-state index contributed by atoms with van der Waals surface area (Å²) >= 11 is 0. The molecule has 0 spiro atoms. The molecule has 6 heteroatoms. The second kappa shape index (κ2) is 6.06. The van der Waals surface area contributed by atoms with E-state index in [1.807, 2.05) is 6.92 Å². The van der Waals surface area contributed by atoms with Crippen LogP contribution in [-0.4, -0.2) is 22.7 Å². The van der Waals surface area contributed by atoms with Crippen LogP contribution in [-0.2, 0) is 0 Å². The summed E-state index contributed by atoms with van der Waals surface area (Å²) in [5.41, 5.74) is 0.192. The molecule has 0 fully saturated rings. The summed E-state index contributed by atoms with van der Waals surface area (Å²) in [5, 5.41) is 19.3. The van der Waals surface area contributed by atoms with Gasteiger partial charge < -0.3 is 14.9 Å². The van der Waals surface area contributed by atoms with E-state index in [-0.39, 0.29) is 5.56 Å². The fraction of sp³-hybridized carbons (Fsp3) is 0.500. The Morgan fingerprint density at radius 3 is 2.50 bits per heavy atom. The van der Waals surface area contributed by atoms with Gasteiger partial charge in [-0.3, -0.25) is 0 Å². The summed E-state index contributed by atoms with van der Waals surface area (Å²) < 4.78 is 39.8. The van der Waals surface area contributed by atoms with Crippen LogP contribution in [0.5, 0.6) is 5.75 Å². The summed E-state index contributed by atoms with van der Waals surface area (Å²) in [4.78, 5) is 0. The Morgan fingerprint density at radius 1 is 1.28 bits per heavy atom. The normalized spacial score (nSPS) is 15.2. The average Bonchev–Trinajstić information content (AvgIpc) is 2.26. The minimum absolute atomic E-state index is 0.192. The fourth-order valence-corrected chi connectivity index (χ4v) is 1.57. The Hall–Kier alpha value is -1.27.